The van der Waals surface area contributed by atoms with Gasteiger partial charge in [0, 0.05) is 50.7 Å². The fraction of sp³-hybridized carbons (Fsp3) is 0.500. The molecule has 2 aromatic rings. The van der Waals surface area contributed by atoms with Crippen LogP contribution in [-0.2, 0) is 6.54 Å². The van der Waals surface area contributed by atoms with Crippen LogP contribution in [-0.4, -0.2) is 64.2 Å². The number of carboxylic acids is 1. The average molecular weight is 378 g/mol. The third kappa shape index (κ3) is 4.16. The Kier molecular flexibility index (Phi) is 5.78. The first kappa shape index (κ1) is 18.7. The fourth-order valence-electron chi connectivity index (χ4n) is 3.31. The molecular formula is C18H24ClN5O2. The monoisotopic (exact) mass is 377 g/mol. The van der Waals surface area contributed by atoms with Crippen molar-refractivity contribution in [2.75, 3.05) is 38.6 Å². The van der Waals surface area contributed by atoms with Crippen LogP contribution >= 0.6 is 11.6 Å². The predicted octanol–water partition coefficient (Wildman–Crippen LogP) is 2.58. The van der Waals surface area contributed by atoms with Gasteiger partial charge in [-0.05, 0) is 33.0 Å². The maximum atomic E-state index is 11.0. The molecule has 0 amide bonds. The van der Waals surface area contributed by atoms with Gasteiger partial charge >= 0.3 is 5.97 Å². The number of rotatable bonds is 6. The minimum atomic E-state index is -1.02. The van der Waals surface area contributed by atoms with Crippen LogP contribution in [0.25, 0.3) is 0 Å². The zero-order valence-corrected chi connectivity index (χ0v) is 15.9. The van der Waals surface area contributed by atoms with Crippen molar-refractivity contribution in [2.24, 2.45) is 0 Å². The zero-order chi connectivity index (χ0) is 18.7. The van der Waals surface area contributed by atoms with E-state index in [1.165, 1.54) is 12.3 Å². The second-order valence-corrected chi connectivity index (χ2v) is 7.29. The zero-order valence-electron chi connectivity index (χ0n) is 15.1. The van der Waals surface area contributed by atoms with Crippen LogP contribution in [0, 0.1) is 0 Å². The molecule has 1 saturated heterocycles. The van der Waals surface area contributed by atoms with Crippen molar-refractivity contribution >= 4 is 23.4 Å². The Bertz CT molecular complexity index is 769. The van der Waals surface area contributed by atoms with Crippen molar-refractivity contribution in [1.29, 1.82) is 0 Å². The quantitative estimate of drug-likeness (QED) is 0.834. The van der Waals surface area contributed by atoms with Gasteiger partial charge in [-0.1, -0.05) is 11.6 Å². The molecule has 7 nitrogen and oxygen atoms in total. The third-order valence-corrected chi connectivity index (χ3v) is 5.04. The van der Waals surface area contributed by atoms with Gasteiger partial charge in [-0.15, -0.1) is 0 Å². The molecule has 1 N–H and O–H groups in total. The highest BCUT2D eigenvalue weighted by Crippen LogP contribution is 2.32. The molecule has 0 aliphatic carbocycles. The molecule has 0 atom stereocenters. The molecule has 3 rings (SSSR count). The summed E-state index contributed by atoms with van der Waals surface area (Å²) in [5.41, 5.74) is 0.108. The number of hydrogen-bond acceptors (Lipinski definition) is 5. The number of piperidine rings is 1. The lowest BCUT2D eigenvalue weighted by atomic mass is 9.96. The van der Waals surface area contributed by atoms with Gasteiger partial charge in [0.1, 0.15) is 11.6 Å². The van der Waals surface area contributed by atoms with Gasteiger partial charge in [0.2, 0.25) is 0 Å². The third-order valence-electron chi connectivity index (χ3n) is 4.76. The normalized spacial score (nSPS) is 15.6. The minimum Gasteiger partial charge on any atom is -0.478 e. The van der Waals surface area contributed by atoms with Crippen LogP contribution in [0.4, 0.5) is 5.82 Å². The molecule has 1 aliphatic rings. The first-order valence-corrected chi connectivity index (χ1v) is 9.13. The summed E-state index contributed by atoms with van der Waals surface area (Å²) in [6, 6.07) is 1.46. The SMILES string of the molecule is CN(C)CCn1ccnc1C1CCN(c2ncc(C(=O)O)cc2Cl)CC1. The van der Waals surface area contributed by atoms with Crippen molar-refractivity contribution in [2.45, 2.75) is 25.3 Å². The molecule has 0 spiro atoms. The second kappa shape index (κ2) is 8.05. The molecular weight excluding hydrogens is 354 g/mol. The van der Waals surface area contributed by atoms with E-state index in [4.69, 9.17) is 16.7 Å². The number of anilines is 1. The Morgan fingerprint density at radius 2 is 2.08 bits per heavy atom. The van der Waals surface area contributed by atoms with E-state index in [1.807, 2.05) is 12.4 Å². The number of carbonyl (C=O) groups is 1. The summed E-state index contributed by atoms with van der Waals surface area (Å²) in [6.45, 7) is 3.57. The van der Waals surface area contributed by atoms with E-state index < -0.39 is 5.97 Å². The van der Waals surface area contributed by atoms with E-state index in [0.717, 1.165) is 44.8 Å². The number of pyridine rings is 1. The van der Waals surface area contributed by atoms with E-state index in [0.29, 0.717) is 16.8 Å². The maximum absolute atomic E-state index is 11.0. The summed E-state index contributed by atoms with van der Waals surface area (Å²) in [4.78, 5) is 24.2. The van der Waals surface area contributed by atoms with Crippen molar-refractivity contribution in [3.63, 3.8) is 0 Å². The van der Waals surface area contributed by atoms with Gasteiger partial charge in [0.05, 0.1) is 10.6 Å². The topological polar surface area (TPSA) is 74.5 Å². The van der Waals surface area contributed by atoms with Crippen LogP contribution in [0.2, 0.25) is 5.02 Å². The number of hydrogen-bond donors (Lipinski definition) is 1. The van der Waals surface area contributed by atoms with Gasteiger partial charge in [0.15, 0.2) is 0 Å². The van der Waals surface area contributed by atoms with E-state index in [2.05, 4.69) is 38.4 Å². The standard InChI is InChI=1S/C18H24ClN5O2/c1-22(2)9-10-24-8-5-20-16(24)13-3-6-23(7-4-13)17-15(19)11-14(12-21-17)18(25)26/h5,8,11-13H,3-4,6-7,9-10H2,1-2H3,(H,25,26). The summed E-state index contributed by atoms with van der Waals surface area (Å²) in [6.07, 6.45) is 7.23. The van der Waals surface area contributed by atoms with Crippen LogP contribution in [0.3, 0.4) is 0 Å². The summed E-state index contributed by atoms with van der Waals surface area (Å²) < 4.78 is 2.24. The molecule has 0 aromatic carbocycles. The lowest BCUT2D eigenvalue weighted by Crippen LogP contribution is -2.34. The Balaban J connectivity index is 1.65. The van der Waals surface area contributed by atoms with Crippen LogP contribution in [0.5, 0.6) is 0 Å². The molecule has 0 radical (unpaired) electrons. The van der Waals surface area contributed by atoms with E-state index in [-0.39, 0.29) is 5.56 Å². The number of nitrogens with zero attached hydrogens (tertiary/aromatic N) is 5. The first-order chi connectivity index (χ1) is 12.5. The number of likely N-dealkylation sites (N-methyl/N-ethyl adjacent to an activating group) is 1. The van der Waals surface area contributed by atoms with E-state index >= 15 is 0 Å². The Morgan fingerprint density at radius 3 is 2.69 bits per heavy atom. The van der Waals surface area contributed by atoms with Crippen molar-refractivity contribution in [3.05, 3.63) is 41.1 Å². The molecule has 0 bridgehead atoms. The Morgan fingerprint density at radius 1 is 1.35 bits per heavy atom. The highest BCUT2D eigenvalue weighted by Gasteiger charge is 2.26. The molecule has 3 heterocycles. The largest absolute Gasteiger partial charge is 0.478 e. The summed E-state index contributed by atoms with van der Waals surface area (Å²) in [7, 11) is 4.14. The average Bonchev–Trinajstić information content (AvgIpc) is 3.08. The van der Waals surface area contributed by atoms with E-state index in [1.54, 1.807) is 0 Å². The Labute approximate surface area is 158 Å². The molecule has 26 heavy (non-hydrogen) atoms. The summed E-state index contributed by atoms with van der Waals surface area (Å²) >= 11 is 6.25. The number of aromatic carboxylic acids is 1. The van der Waals surface area contributed by atoms with Crippen molar-refractivity contribution < 1.29 is 9.90 Å². The van der Waals surface area contributed by atoms with Crippen LogP contribution < -0.4 is 4.90 Å². The Hall–Kier alpha value is -2.12. The molecule has 0 saturated carbocycles. The fourth-order valence-corrected chi connectivity index (χ4v) is 3.59. The molecule has 0 unspecified atom stereocenters. The second-order valence-electron chi connectivity index (χ2n) is 6.88. The number of carboxylic acid groups (broad SMARTS) is 1. The molecule has 1 fully saturated rings. The smallest absolute Gasteiger partial charge is 0.337 e. The van der Waals surface area contributed by atoms with Crippen molar-refractivity contribution in [3.8, 4) is 0 Å². The number of imidazole rings is 1. The maximum Gasteiger partial charge on any atom is 0.337 e. The van der Waals surface area contributed by atoms with Gasteiger partial charge in [-0.25, -0.2) is 14.8 Å². The number of aromatic nitrogens is 3. The van der Waals surface area contributed by atoms with Gasteiger partial charge < -0.3 is 19.5 Å². The van der Waals surface area contributed by atoms with Crippen LogP contribution in [0.15, 0.2) is 24.7 Å². The summed E-state index contributed by atoms with van der Waals surface area (Å²) in [5, 5.41) is 9.42. The van der Waals surface area contributed by atoms with E-state index in [9.17, 15) is 4.79 Å². The highest BCUT2D eigenvalue weighted by atomic mass is 35.5. The lowest BCUT2D eigenvalue weighted by Gasteiger charge is -2.33. The van der Waals surface area contributed by atoms with Crippen molar-refractivity contribution in [1.82, 2.24) is 19.4 Å². The molecule has 1 aliphatic heterocycles. The molecule has 140 valence electrons. The van der Waals surface area contributed by atoms with Gasteiger partial charge in [-0.2, -0.15) is 0 Å². The summed E-state index contributed by atoms with van der Waals surface area (Å²) in [5.74, 6) is 1.20. The number of halogens is 1. The van der Waals surface area contributed by atoms with Crippen LogP contribution in [0.1, 0.15) is 34.9 Å². The molecule has 8 heteroatoms. The molecule has 2 aromatic heterocycles. The van der Waals surface area contributed by atoms with Gasteiger partial charge in [-0.3, -0.25) is 0 Å². The minimum absolute atomic E-state index is 0.108. The predicted molar refractivity (Wildman–Crippen MR) is 101 cm³/mol. The highest BCUT2D eigenvalue weighted by molar-refractivity contribution is 6.33. The first-order valence-electron chi connectivity index (χ1n) is 8.75. The van der Waals surface area contributed by atoms with Gasteiger partial charge in [0.25, 0.3) is 0 Å². The lowest BCUT2D eigenvalue weighted by molar-refractivity contribution is 0.0696.